The van der Waals surface area contributed by atoms with Crippen LogP contribution in [0.4, 0.5) is 0 Å². The van der Waals surface area contributed by atoms with Crippen molar-refractivity contribution >= 4 is 11.3 Å². The molecule has 2 rings (SSSR count). The van der Waals surface area contributed by atoms with Gasteiger partial charge in [-0.3, -0.25) is 0 Å². The van der Waals surface area contributed by atoms with E-state index in [2.05, 4.69) is 33.0 Å². The number of thiazole rings is 1. The number of hydrogen-bond donors (Lipinski definition) is 1. The maximum atomic E-state index is 5.26. The van der Waals surface area contributed by atoms with Crippen LogP contribution in [-0.2, 0) is 11.2 Å². The van der Waals surface area contributed by atoms with Crippen LogP contribution in [0, 0.1) is 5.41 Å². The Balaban J connectivity index is 2.28. The number of fused-ring (bicyclic) bond motifs is 1. The van der Waals surface area contributed by atoms with E-state index in [-0.39, 0.29) is 0 Å². The minimum Gasteiger partial charge on any atom is -0.384 e. The monoisotopic (exact) mass is 282 g/mol. The average Bonchev–Trinajstić information content (AvgIpc) is 2.72. The molecular weight excluding hydrogens is 256 g/mol. The van der Waals surface area contributed by atoms with E-state index in [4.69, 9.17) is 9.72 Å². The second-order valence-electron chi connectivity index (χ2n) is 6.37. The van der Waals surface area contributed by atoms with Crippen molar-refractivity contribution in [2.75, 3.05) is 20.3 Å². The SMILES string of the molecule is CCNC1CC(C)(C)Cc2nc(C(C)COC)sc21. The number of methoxy groups -OCH3 is 1. The number of hydrogen-bond acceptors (Lipinski definition) is 4. The molecule has 0 radical (unpaired) electrons. The Hall–Kier alpha value is -0.450. The Bertz CT molecular complexity index is 428. The maximum Gasteiger partial charge on any atom is 0.0982 e. The summed E-state index contributed by atoms with van der Waals surface area (Å²) >= 11 is 1.88. The van der Waals surface area contributed by atoms with Crippen LogP contribution in [0.5, 0.6) is 0 Å². The van der Waals surface area contributed by atoms with E-state index in [1.165, 1.54) is 22.0 Å². The van der Waals surface area contributed by atoms with Crippen molar-refractivity contribution in [3.05, 3.63) is 15.6 Å². The van der Waals surface area contributed by atoms with Gasteiger partial charge in [0.15, 0.2) is 0 Å². The average molecular weight is 282 g/mol. The molecule has 0 bridgehead atoms. The zero-order valence-electron chi connectivity index (χ0n) is 12.7. The van der Waals surface area contributed by atoms with E-state index >= 15 is 0 Å². The van der Waals surface area contributed by atoms with Crippen molar-refractivity contribution in [1.29, 1.82) is 0 Å². The fourth-order valence-corrected chi connectivity index (χ4v) is 4.09. The number of ether oxygens (including phenoxy) is 1. The minimum absolute atomic E-state index is 0.343. The molecule has 3 nitrogen and oxygen atoms in total. The van der Waals surface area contributed by atoms with Crippen LogP contribution >= 0.6 is 11.3 Å². The molecule has 1 aromatic rings. The van der Waals surface area contributed by atoms with Crippen molar-refractivity contribution in [2.45, 2.75) is 52.5 Å². The number of nitrogens with zero attached hydrogens (tertiary/aromatic N) is 1. The highest BCUT2D eigenvalue weighted by Crippen LogP contribution is 2.43. The van der Waals surface area contributed by atoms with E-state index < -0.39 is 0 Å². The molecule has 2 atom stereocenters. The van der Waals surface area contributed by atoms with Crippen molar-refractivity contribution < 1.29 is 4.74 Å². The second kappa shape index (κ2) is 5.90. The van der Waals surface area contributed by atoms with Crippen LogP contribution in [-0.4, -0.2) is 25.2 Å². The fourth-order valence-electron chi connectivity index (χ4n) is 2.90. The molecule has 0 amide bonds. The van der Waals surface area contributed by atoms with Gasteiger partial charge in [0, 0.05) is 23.9 Å². The molecule has 4 heteroatoms. The largest absolute Gasteiger partial charge is 0.384 e. The van der Waals surface area contributed by atoms with E-state index in [9.17, 15) is 0 Å². The van der Waals surface area contributed by atoms with E-state index in [0.29, 0.717) is 17.4 Å². The van der Waals surface area contributed by atoms with Crippen molar-refractivity contribution in [1.82, 2.24) is 10.3 Å². The molecule has 1 heterocycles. The van der Waals surface area contributed by atoms with Crippen molar-refractivity contribution in [2.24, 2.45) is 5.41 Å². The Morgan fingerprint density at radius 3 is 2.89 bits per heavy atom. The van der Waals surface area contributed by atoms with Crippen molar-refractivity contribution in [3.63, 3.8) is 0 Å². The first kappa shape index (κ1) is 14.9. The van der Waals surface area contributed by atoms with E-state index in [0.717, 1.165) is 19.6 Å². The lowest BCUT2D eigenvalue weighted by molar-refractivity contribution is 0.184. The molecule has 0 saturated heterocycles. The van der Waals surface area contributed by atoms with Gasteiger partial charge in [-0.05, 0) is 24.8 Å². The Labute approximate surface area is 120 Å². The molecule has 19 heavy (non-hydrogen) atoms. The van der Waals surface area contributed by atoms with Gasteiger partial charge in [-0.1, -0.05) is 27.7 Å². The highest BCUT2D eigenvalue weighted by atomic mass is 32.1. The first-order valence-electron chi connectivity index (χ1n) is 7.18. The zero-order valence-corrected chi connectivity index (χ0v) is 13.6. The summed E-state index contributed by atoms with van der Waals surface area (Å²) in [6.07, 6.45) is 2.30. The van der Waals surface area contributed by atoms with Crippen LogP contribution < -0.4 is 5.32 Å². The number of rotatable bonds is 5. The Kier molecular flexibility index (Phi) is 4.64. The zero-order chi connectivity index (χ0) is 14.0. The molecule has 0 aliphatic heterocycles. The molecule has 1 aliphatic carbocycles. The molecule has 0 saturated carbocycles. The lowest BCUT2D eigenvalue weighted by Gasteiger charge is -2.34. The minimum atomic E-state index is 0.343. The highest BCUT2D eigenvalue weighted by molar-refractivity contribution is 7.12. The van der Waals surface area contributed by atoms with Crippen LogP contribution in [0.2, 0.25) is 0 Å². The van der Waals surface area contributed by atoms with Gasteiger partial charge in [0.2, 0.25) is 0 Å². The summed E-state index contributed by atoms with van der Waals surface area (Å²) in [7, 11) is 1.76. The van der Waals surface area contributed by atoms with Gasteiger partial charge < -0.3 is 10.1 Å². The topological polar surface area (TPSA) is 34.2 Å². The molecule has 1 N–H and O–H groups in total. The van der Waals surface area contributed by atoms with Gasteiger partial charge >= 0.3 is 0 Å². The summed E-state index contributed by atoms with van der Waals surface area (Å²) in [5, 5.41) is 4.85. The first-order valence-corrected chi connectivity index (χ1v) is 8.00. The van der Waals surface area contributed by atoms with Crippen LogP contribution in [0.25, 0.3) is 0 Å². The summed E-state index contributed by atoms with van der Waals surface area (Å²) in [5.41, 5.74) is 1.65. The molecule has 0 fully saturated rings. The molecular formula is C15H26N2OS. The normalized spacial score (nSPS) is 23.1. The van der Waals surface area contributed by atoms with Crippen LogP contribution in [0.3, 0.4) is 0 Å². The molecule has 1 aliphatic rings. The predicted octanol–water partition coefficient (Wildman–Crippen LogP) is 3.52. The third kappa shape index (κ3) is 3.36. The Morgan fingerprint density at radius 2 is 2.26 bits per heavy atom. The lowest BCUT2D eigenvalue weighted by Crippen LogP contribution is -2.32. The van der Waals surface area contributed by atoms with E-state index in [1.54, 1.807) is 7.11 Å². The van der Waals surface area contributed by atoms with Gasteiger partial charge in [-0.25, -0.2) is 4.98 Å². The summed E-state index contributed by atoms with van der Waals surface area (Å²) in [4.78, 5) is 6.35. The quantitative estimate of drug-likeness (QED) is 0.897. The lowest BCUT2D eigenvalue weighted by atomic mass is 9.76. The molecule has 0 spiro atoms. The summed E-state index contributed by atoms with van der Waals surface area (Å²) < 4.78 is 5.26. The number of nitrogens with one attached hydrogen (secondary N) is 1. The summed E-state index contributed by atoms with van der Waals surface area (Å²) in [6.45, 7) is 10.8. The number of aromatic nitrogens is 1. The smallest absolute Gasteiger partial charge is 0.0982 e. The van der Waals surface area contributed by atoms with Gasteiger partial charge in [-0.2, -0.15) is 0 Å². The molecule has 108 valence electrons. The third-order valence-electron chi connectivity index (χ3n) is 3.75. The van der Waals surface area contributed by atoms with Crippen LogP contribution in [0.15, 0.2) is 0 Å². The third-order valence-corrected chi connectivity index (χ3v) is 5.19. The molecule has 0 aromatic carbocycles. The van der Waals surface area contributed by atoms with Gasteiger partial charge in [0.05, 0.1) is 17.3 Å². The standard InChI is InChI=1S/C15H26N2OS/c1-6-16-11-7-15(3,4)8-12-13(11)19-14(17-12)10(2)9-18-5/h10-11,16H,6-9H2,1-5H3. The van der Waals surface area contributed by atoms with Crippen molar-refractivity contribution in [3.8, 4) is 0 Å². The Morgan fingerprint density at radius 1 is 1.53 bits per heavy atom. The van der Waals surface area contributed by atoms with Crippen LogP contribution in [0.1, 0.15) is 61.7 Å². The van der Waals surface area contributed by atoms with E-state index in [1.807, 2.05) is 11.3 Å². The predicted molar refractivity (Wildman–Crippen MR) is 80.9 cm³/mol. The first-order chi connectivity index (χ1) is 8.96. The molecule has 2 unspecified atom stereocenters. The summed E-state index contributed by atoms with van der Waals surface area (Å²) in [6, 6.07) is 0.477. The summed E-state index contributed by atoms with van der Waals surface area (Å²) in [5.74, 6) is 0.394. The maximum absolute atomic E-state index is 5.26. The highest BCUT2D eigenvalue weighted by Gasteiger charge is 2.35. The van der Waals surface area contributed by atoms with Gasteiger partial charge in [0.1, 0.15) is 0 Å². The molecule has 1 aromatic heterocycles. The van der Waals surface area contributed by atoms with Gasteiger partial charge in [0.25, 0.3) is 0 Å². The fraction of sp³-hybridized carbons (Fsp3) is 0.800. The van der Waals surface area contributed by atoms with Gasteiger partial charge in [-0.15, -0.1) is 11.3 Å². The second-order valence-corrected chi connectivity index (χ2v) is 7.44.